The summed E-state index contributed by atoms with van der Waals surface area (Å²) in [5.41, 5.74) is 1.19. The summed E-state index contributed by atoms with van der Waals surface area (Å²) >= 11 is 5.94. The van der Waals surface area contributed by atoms with Crippen LogP contribution in [-0.2, 0) is 4.74 Å². The molecule has 0 N–H and O–H groups in total. The van der Waals surface area contributed by atoms with Crippen molar-refractivity contribution in [2.75, 3.05) is 44.3 Å². The molecule has 0 aromatic carbocycles. The molecule has 1 unspecified atom stereocenters. The Morgan fingerprint density at radius 1 is 1.28 bits per heavy atom. The number of morpholine rings is 1. The lowest BCUT2D eigenvalue weighted by Crippen LogP contribution is -2.44. The average Bonchev–Trinajstić information content (AvgIpc) is 2.89. The van der Waals surface area contributed by atoms with Gasteiger partial charge in [-0.1, -0.05) is 11.6 Å². The van der Waals surface area contributed by atoms with Crippen LogP contribution in [0.5, 0.6) is 0 Å². The van der Waals surface area contributed by atoms with E-state index in [-0.39, 0.29) is 0 Å². The number of hydrogen-bond donors (Lipinski definition) is 0. The lowest BCUT2D eigenvalue weighted by molar-refractivity contribution is 0.0209. The Balaban J connectivity index is 1.64. The Labute approximate surface area is 112 Å². The van der Waals surface area contributed by atoms with Crippen molar-refractivity contribution in [2.45, 2.75) is 12.5 Å². The first-order valence-electron chi connectivity index (χ1n) is 6.51. The second-order valence-corrected chi connectivity index (χ2v) is 5.26. The molecule has 18 heavy (non-hydrogen) atoms. The summed E-state index contributed by atoms with van der Waals surface area (Å²) in [7, 11) is 0. The maximum atomic E-state index is 5.94. The Kier molecular flexibility index (Phi) is 3.68. The minimum absolute atomic E-state index is 0.572. The Bertz CT molecular complexity index is 409. The normalized spacial score (nSPS) is 25.6. The highest BCUT2D eigenvalue weighted by molar-refractivity contribution is 6.29. The third-order valence-electron chi connectivity index (χ3n) is 3.80. The highest BCUT2D eigenvalue weighted by Gasteiger charge is 2.28. The molecule has 98 valence electrons. The number of pyridine rings is 1. The van der Waals surface area contributed by atoms with Crippen molar-refractivity contribution in [1.29, 1.82) is 0 Å². The first-order chi connectivity index (χ1) is 8.83. The van der Waals surface area contributed by atoms with Crippen molar-refractivity contribution in [3.63, 3.8) is 0 Å². The number of rotatable bonds is 2. The van der Waals surface area contributed by atoms with Crippen LogP contribution in [0.2, 0.25) is 5.15 Å². The van der Waals surface area contributed by atoms with E-state index in [1.165, 1.54) is 12.1 Å². The standard InChI is InChI=1S/C13H18ClN3O/c14-13-9-11(1-3-15-13)17-4-2-12(10-17)16-5-7-18-8-6-16/h1,3,9,12H,2,4-8,10H2. The largest absolute Gasteiger partial charge is 0.379 e. The summed E-state index contributed by atoms with van der Waals surface area (Å²) in [4.78, 5) is 8.98. The molecule has 5 heteroatoms. The van der Waals surface area contributed by atoms with E-state index in [0.717, 1.165) is 39.4 Å². The second-order valence-electron chi connectivity index (χ2n) is 4.87. The van der Waals surface area contributed by atoms with E-state index in [4.69, 9.17) is 16.3 Å². The fourth-order valence-corrected chi connectivity index (χ4v) is 2.97. The zero-order valence-corrected chi connectivity index (χ0v) is 11.1. The highest BCUT2D eigenvalue weighted by Crippen LogP contribution is 2.24. The highest BCUT2D eigenvalue weighted by atomic mass is 35.5. The van der Waals surface area contributed by atoms with E-state index in [1.54, 1.807) is 6.20 Å². The maximum Gasteiger partial charge on any atom is 0.131 e. The second kappa shape index (κ2) is 5.43. The van der Waals surface area contributed by atoms with Crippen molar-refractivity contribution in [2.24, 2.45) is 0 Å². The summed E-state index contributed by atoms with van der Waals surface area (Å²) in [5, 5.41) is 0.572. The molecule has 0 bridgehead atoms. The fraction of sp³-hybridized carbons (Fsp3) is 0.615. The smallest absolute Gasteiger partial charge is 0.131 e. The number of nitrogens with zero attached hydrogens (tertiary/aromatic N) is 3. The lowest BCUT2D eigenvalue weighted by atomic mass is 10.2. The van der Waals surface area contributed by atoms with Gasteiger partial charge in [-0.15, -0.1) is 0 Å². The monoisotopic (exact) mass is 267 g/mol. The van der Waals surface area contributed by atoms with E-state index in [0.29, 0.717) is 11.2 Å². The van der Waals surface area contributed by atoms with Gasteiger partial charge in [0.15, 0.2) is 0 Å². The first-order valence-corrected chi connectivity index (χ1v) is 6.89. The van der Waals surface area contributed by atoms with Crippen molar-refractivity contribution < 1.29 is 4.74 Å². The Morgan fingerprint density at radius 2 is 2.11 bits per heavy atom. The molecule has 1 aromatic rings. The number of hydrogen-bond acceptors (Lipinski definition) is 4. The van der Waals surface area contributed by atoms with Gasteiger partial charge in [-0.25, -0.2) is 4.98 Å². The van der Waals surface area contributed by atoms with Crippen LogP contribution < -0.4 is 4.90 Å². The number of ether oxygens (including phenoxy) is 1. The lowest BCUT2D eigenvalue weighted by Gasteiger charge is -2.32. The molecule has 0 radical (unpaired) electrons. The molecule has 0 saturated carbocycles. The van der Waals surface area contributed by atoms with Crippen molar-refractivity contribution >= 4 is 17.3 Å². The Morgan fingerprint density at radius 3 is 2.89 bits per heavy atom. The zero-order chi connectivity index (χ0) is 12.4. The van der Waals surface area contributed by atoms with Gasteiger partial charge >= 0.3 is 0 Å². The Hall–Kier alpha value is -0.840. The van der Waals surface area contributed by atoms with Crippen LogP contribution in [0.25, 0.3) is 0 Å². The molecule has 4 nitrogen and oxygen atoms in total. The molecule has 3 heterocycles. The van der Waals surface area contributed by atoms with E-state index in [2.05, 4.69) is 14.8 Å². The minimum atomic E-state index is 0.572. The van der Waals surface area contributed by atoms with Gasteiger partial charge in [0.05, 0.1) is 13.2 Å². The molecule has 2 saturated heterocycles. The van der Waals surface area contributed by atoms with E-state index in [1.807, 2.05) is 12.1 Å². The molecule has 2 aliphatic rings. The molecule has 1 atom stereocenters. The maximum absolute atomic E-state index is 5.94. The molecule has 0 spiro atoms. The van der Waals surface area contributed by atoms with Gasteiger partial charge in [-0.05, 0) is 18.6 Å². The molecule has 3 rings (SSSR count). The molecule has 1 aromatic heterocycles. The van der Waals surface area contributed by atoms with E-state index < -0.39 is 0 Å². The third-order valence-corrected chi connectivity index (χ3v) is 4.01. The summed E-state index contributed by atoms with van der Waals surface area (Å²) < 4.78 is 5.41. The summed E-state index contributed by atoms with van der Waals surface area (Å²) in [6, 6.07) is 4.64. The molecule has 2 aliphatic heterocycles. The quantitative estimate of drug-likeness (QED) is 0.762. The zero-order valence-electron chi connectivity index (χ0n) is 10.4. The van der Waals surface area contributed by atoms with Gasteiger partial charge in [0.2, 0.25) is 0 Å². The topological polar surface area (TPSA) is 28.6 Å². The van der Waals surface area contributed by atoms with Gasteiger partial charge in [0.1, 0.15) is 5.15 Å². The summed E-state index contributed by atoms with van der Waals surface area (Å²) in [5.74, 6) is 0. The van der Waals surface area contributed by atoms with Crippen LogP contribution in [0, 0.1) is 0 Å². The van der Waals surface area contributed by atoms with E-state index >= 15 is 0 Å². The van der Waals surface area contributed by atoms with Crippen LogP contribution in [0.4, 0.5) is 5.69 Å². The van der Waals surface area contributed by atoms with Gasteiger partial charge in [-0.2, -0.15) is 0 Å². The molecule has 0 aliphatic carbocycles. The number of anilines is 1. The third kappa shape index (κ3) is 2.60. The predicted molar refractivity (Wildman–Crippen MR) is 72.3 cm³/mol. The van der Waals surface area contributed by atoms with Gasteiger partial charge in [-0.3, -0.25) is 4.90 Å². The predicted octanol–water partition coefficient (Wildman–Crippen LogP) is 1.65. The van der Waals surface area contributed by atoms with Crippen LogP contribution in [0.1, 0.15) is 6.42 Å². The molecule has 2 fully saturated rings. The fourth-order valence-electron chi connectivity index (χ4n) is 2.81. The van der Waals surface area contributed by atoms with Crippen molar-refractivity contribution in [3.05, 3.63) is 23.5 Å². The van der Waals surface area contributed by atoms with Crippen LogP contribution in [0.15, 0.2) is 18.3 Å². The number of halogens is 1. The SMILES string of the molecule is Clc1cc(N2CCC(N3CCOCC3)C2)ccn1. The average molecular weight is 268 g/mol. The molecular weight excluding hydrogens is 250 g/mol. The van der Waals surface area contributed by atoms with Crippen LogP contribution in [0.3, 0.4) is 0 Å². The van der Waals surface area contributed by atoms with Gasteiger partial charge in [0.25, 0.3) is 0 Å². The number of aromatic nitrogens is 1. The van der Waals surface area contributed by atoms with Crippen LogP contribution >= 0.6 is 11.6 Å². The van der Waals surface area contributed by atoms with Gasteiger partial charge in [0, 0.05) is 44.1 Å². The van der Waals surface area contributed by atoms with Crippen LogP contribution in [-0.4, -0.2) is 55.3 Å². The van der Waals surface area contributed by atoms with Crippen molar-refractivity contribution in [3.8, 4) is 0 Å². The van der Waals surface area contributed by atoms with E-state index in [9.17, 15) is 0 Å². The summed E-state index contributed by atoms with van der Waals surface area (Å²) in [6.07, 6.45) is 3.00. The molecular formula is C13H18ClN3O. The van der Waals surface area contributed by atoms with Gasteiger partial charge < -0.3 is 9.64 Å². The van der Waals surface area contributed by atoms with Crippen molar-refractivity contribution in [1.82, 2.24) is 9.88 Å². The summed E-state index contributed by atoms with van der Waals surface area (Å²) in [6.45, 7) is 6.06. The minimum Gasteiger partial charge on any atom is -0.379 e. The molecule has 0 amide bonds. The first kappa shape index (κ1) is 12.2.